The topological polar surface area (TPSA) is 75.5 Å². The average molecular weight is 374 g/mol. The second-order valence-electron chi connectivity index (χ2n) is 6.57. The molecule has 1 aliphatic rings. The van der Waals surface area contributed by atoms with Crippen LogP contribution in [0, 0.1) is 13.8 Å². The quantitative estimate of drug-likeness (QED) is 0.760. The minimum Gasteiger partial charge on any atom is -0.335 e. The van der Waals surface area contributed by atoms with E-state index in [1.54, 1.807) is 9.80 Å². The minimum absolute atomic E-state index is 0.0458. The summed E-state index contributed by atoms with van der Waals surface area (Å²) in [6.45, 7) is 10.6. The summed E-state index contributed by atoms with van der Waals surface area (Å²) in [6, 6.07) is -0.113. The summed E-state index contributed by atoms with van der Waals surface area (Å²) in [5.74, 6) is -0.269. The second-order valence-corrected chi connectivity index (χ2v) is 7.77. The molecule has 0 spiro atoms. The molecule has 1 atom stereocenters. The Morgan fingerprint density at radius 3 is 2.77 bits per heavy atom. The molecular weight excluding hydrogens is 352 g/mol. The highest BCUT2D eigenvalue weighted by Crippen LogP contribution is 2.25. The molecule has 2 aromatic rings. The van der Waals surface area contributed by atoms with Gasteiger partial charge in [0.05, 0.1) is 11.7 Å². The average Bonchev–Trinajstić information content (AvgIpc) is 2.91. The molecule has 3 rings (SSSR count). The Balaban J connectivity index is 1.78. The molecule has 0 N–H and O–H groups in total. The van der Waals surface area contributed by atoms with Crippen LogP contribution < -0.4 is 5.56 Å². The second kappa shape index (κ2) is 7.03. The number of nitrogens with zero attached hydrogens (tertiary/aromatic N) is 4. The van der Waals surface area contributed by atoms with Gasteiger partial charge in [-0.25, -0.2) is 4.98 Å². The number of amides is 2. The lowest BCUT2D eigenvalue weighted by Crippen LogP contribution is -2.56. The van der Waals surface area contributed by atoms with E-state index < -0.39 is 0 Å². The van der Waals surface area contributed by atoms with Crippen molar-refractivity contribution in [2.75, 3.05) is 19.6 Å². The van der Waals surface area contributed by atoms with E-state index in [2.05, 4.69) is 11.6 Å². The lowest BCUT2D eigenvalue weighted by molar-refractivity contribution is -0.140. The third-order valence-electron chi connectivity index (χ3n) is 4.90. The van der Waals surface area contributed by atoms with Crippen LogP contribution in [-0.2, 0) is 16.1 Å². The van der Waals surface area contributed by atoms with E-state index in [1.807, 2.05) is 20.8 Å². The summed E-state index contributed by atoms with van der Waals surface area (Å²) in [4.78, 5) is 46.7. The highest BCUT2D eigenvalue weighted by molar-refractivity contribution is 7.18. The molecule has 1 aliphatic heterocycles. The number of carbonyl (C=O) groups is 2. The van der Waals surface area contributed by atoms with E-state index >= 15 is 0 Å². The fourth-order valence-electron chi connectivity index (χ4n) is 3.28. The van der Waals surface area contributed by atoms with Crippen molar-refractivity contribution in [1.82, 2.24) is 19.4 Å². The molecule has 0 bridgehead atoms. The monoisotopic (exact) mass is 374 g/mol. The maximum absolute atomic E-state index is 12.7. The fraction of sp³-hybridized carbons (Fsp3) is 0.444. The maximum Gasteiger partial charge on any atom is 0.262 e. The Morgan fingerprint density at radius 2 is 2.12 bits per heavy atom. The predicted octanol–water partition coefficient (Wildman–Crippen LogP) is 1.32. The first-order valence-electron chi connectivity index (χ1n) is 8.49. The number of carbonyl (C=O) groups excluding carboxylic acids is 2. The van der Waals surface area contributed by atoms with Crippen molar-refractivity contribution in [3.8, 4) is 0 Å². The van der Waals surface area contributed by atoms with Crippen LogP contribution in [0.25, 0.3) is 10.2 Å². The van der Waals surface area contributed by atoms with Gasteiger partial charge in [0, 0.05) is 30.6 Å². The van der Waals surface area contributed by atoms with Crippen molar-refractivity contribution < 1.29 is 9.59 Å². The van der Waals surface area contributed by atoms with Crippen molar-refractivity contribution in [2.24, 2.45) is 0 Å². The van der Waals surface area contributed by atoms with Gasteiger partial charge in [-0.15, -0.1) is 11.3 Å². The van der Waals surface area contributed by atoms with Crippen molar-refractivity contribution in [3.05, 3.63) is 39.8 Å². The van der Waals surface area contributed by atoms with Gasteiger partial charge in [-0.2, -0.15) is 0 Å². The van der Waals surface area contributed by atoms with E-state index in [0.717, 1.165) is 10.4 Å². The maximum atomic E-state index is 12.7. The van der Waals surface area contributed by atoms with Crippen LogP contribution in [0.15, 0.2) is 23.8 Å². The molecule has 0 aliphatic carbocycles. The Morgan fingerprint density at radius 1 is 1.38 bits per heavy atom. The van der Waals surface area contributed by atoms with Crippen LogP contribution in [0.5, 0.6) is 0 Å². The summed E-state index contributed by atoms with van der Waals surface area (Å²) in [7, 11) is 0. The molecule has 0 radical (unpaired) electrons. The minimum atomic E-state index is -0.182. The summed E-state index contributed by atoms with van der Waals surface area (Å²) in [5, 5.41) is 0.595. The molecule has 138 valence electrons. The molecule has 7 nitrogen and oxygen atoms in total. The van der Waals surface area contributed by atoms with E-state index in [9.17, 15) is 14.4 Å². The fourth-order valence-corrected chi connectivity index (χ4v) is 4.26. The number of fused-ring (bicyclic) bond motifs is 1. The molecule has 0 unspecified atom stereocenters. The number of thiophene rings is 1. The first kappa shape index (κ1) is 18.3. The van der Waals surface area contributed by atoms with E-state index in [4.69, 9.17) is 0 Å². The molecule has 3 heterocycles. The third-order valence-corrected chi connectivity index (χ3v) is 6.01. The molecule has 0 saturated carbocycles. The smallest absolute Gasteiger partial charge is 0.262 e. The van der Waals surface area contributed by atoms with Crippen LogP contribution in [0.2, 0.25) is 0 Å². The summed E-state index contributed by atoms with van der Waals surface area (Å²) in [6.07, 6.45) is 2.73. The number of aromatic nitrogens is 2. The van der Waals surface area contributed by atoms with Gasteiger partial charge < -0.3 is 9.80 Å². The molecular formula is C18H22N4O3S. The van der Waals surface area contributed by atoms with Gasteiger partial charge in [-0.3, -0.25) is 19.0 Å². The Labute approximate surface area is 155 Å². The normalized spacial score (nSPS) is 17.6. The van der Waals surface area contributed by atoms with Crippen molar-refractivity contribution in [1.29, 1.82) is 0 Å². The van der Waals surface area contributed by atoms with Crippen LogP contribution in [0.4, 0.5) is 0 Å². The highest BCUT2D eigenvalue weighted by atomic mass is 32.1. The predicted molar refractivity (Wildman–Crippen MR) is 101 cm³/mol. The highest BCUT2D eigenvalue weighted by Gasteiger charge is 2.29. The number of piperazine rings is 1. The van der Waals surface area contributed by atoms with Crippen LogP contribution >= 0.6 is 11.3 Å². The van der Waals surface area contributed by atoms with Gasteiger partial charge in [-0.1, -0.05) is 6.58 Å². The van der Waals surface area contributed by atoms with Crippen molar-refractivity contribution in [3.63, 3.8) is 0 Å². The number of aryl methyl sites for hydroxylation is 2. The lowest BCUT2D eigenvalue weighted by atomic mass is 10.2. The van der Waals surface area contributed by atoms with Gasteiger partial charge in [0.2, 0.25) is 11.8 Å². The zero-order chi connectivity index (χ0) is 19.0. The standard InChI is InChI=1S/C18H22N4O3S/c1-5-14(23)20-6-7-22(11(2)8-20)15(24)9-21-10-19-17-16(18(21)25)12(3)13(4)26-17/h5,10-11H,1,6-9H2,2-4H3/t11-/m0/s1. The van der Waals surface area contributed by atoms with E-state index in [-0.39, 0.29) is 30.0 Å². The summed E-state index contributed by atoms with van der Waals surface area (Å²) in [5.41, 5.74) is 0.743. The first-order valence-corrected chi connectivity index (χ1v) is 9.31. The Hall–Kier alpha value is -2.48. The molecule has 26 heavy (non-hydrogen) atoms. The van der Waals surface area contributed by atoms with Crippen LogP contribution in [0.3, 0.4) is 0 Å². The largest absolute Gasteiger partial charge is 0.335 e. The number of hydrogen-bond donors (Lipinski definition) is 0. The molecule has 1 saturated heterocycles. The van der Waals surface area contributed by atoms with Crippen molar-refractivity contribution >= 4 is 33.4 Å². The zero-order valence-corrected chi connectivity index (χ0v) is 16.0. The van der Waals surface area contributed by atoms with E-state index in [1.165, 1.54) is 28.3 Å². The van der Waals surface area contributed by atoms with Crippen LogP contribution in [-0.4, -0.2) is 56.8 Å². The first-order chi connectivity index (χ1) is 12.3. The molecule has 1 fully saturated rings. The lowest BCUT2D eigenvalue weighted by Gasteiger charge is -2.39. The van der Waals surface area contributed by atoms with Gasteiger partial charge >= 0.3 is 0 Å². The summed E-state index contributed by atoms with van der Waals surface area (Å²) >= 11 is 1.49. The number of hydrogen-bond acceptors (Lipinski definition) is 5. The summed E-state index contributed by atoms with van der Waals surface area (Å²) < 4.78 is 1.37. The number of rotatable bonds is 3. The van der Waals surface area contributed by atoms with Gasteiger partial charge in [-0.05, 0) is 32.4 Å². The van der Waals surface area contributed by atoms with Gasteiger partial charge in [0.1, 0.15) is 11.4 Å². The molecule has 8 heteroatoms. The SMILES string of the molecule is C=CC(=O)N1CCN(C(=O)Cn2cnc3sc(C)c(C)c3c2=O)[C@@H](C)C1. The van der Waals surface area contributed by atoms with Gasteiger partial charge in [0.15, 0.2) is 0 Å². The molecule has 2 amide bonds. The van der Waals surface area contributed by atoms with Crippen LogP contribution in [0.1, 0.15) is 17.4 Å². The molecule has 2 aromatic heterocycles. The Kier molecular flexibility index (Phi) is 4.95. The van der Waals surface area contributed by atoms with E-state index in [0.29, 0.717) is 29.9 Å². The Bertz CT molecular complexity index is 946. The zero-order valence-electron chi connectivity index (χ0n) is 15.2. The van der Waals surface area contributed by atoms with Crippen molar-refractivity contribution in [2.45, 2.75) is 33.4 Å². The molecule has 0 aromatic carbocycles. The third kappa shape index (κ3) is 3.16. The van der Waals surface area contributed by atoms with Gasteiger partial charge in [0.25, 0.3) is 5.56 Å².